The van der Waals surface area contributed by atoms with Crippen molar-refractivity contribution in [3.63, 3.8) is 0 Å². The van der Waals surface area contributed by atoms with Gasteiger partial charge < -0.3 is 9.80 Å². The second-order valence-corrected chi connectivity index (χ2v) is 9.81. The number of unbranched alkanes of at least 4 members (excludes halogenated alkanes) is 6. The second kappa shape index (κ2) is 29.5. The zero-order chi connectivity index (χ0) is 27.6. The Morgan fingerprint density at radius 1 is 0.432 bits per heavy atom. The van der Waals surface area contributed by atoms with Gasteiger partial charge in [-0.3, -0.25) is 19.2 Å². The summed E-state index contributed by atoms with van der Waals surface area (Å²) in [4.78, 5) is 51.0. The number of hydrogen-bond donors (Lipinski definition) is 0. The first-order valence-electron chi connectivity index (χ1n) is 14.9. The molecule has 6 nitrogen and oxygen atoms in total. The fourth-order valence-corrected chi connectivity index (χ4v) is 3.60. The van der Waals surface area contributed by atoms with E-state index in [1.54, 1.807) is 0 Å². The Hall–Kier alpha value is -1.10. The third-order valence-corrected chi connectivity index (χ3v) is 6.15. The van der Waals surface area contributed by atoms with Crippen LogP contribution in [0.4, 0.5) is 0 Å². The Morgan fingerprint density at radius 3 is 0.892 bits per heavy atom. The Balaban J connectivity index is -0.000000608. The Bertz CT molecular complexity index is 518. The van der Waals surface area contributed by atoms with E-state index in [0.29, 0.717) is 12.8 Å². The van der Waals surface area contributed by atoms with Crippen molar-refractivity contribution in [1.82, 2.24) is 9.80 Å². The quantitative estimate of drug-likeness (QED) is 0.102. The van der Waals surface area contributed by atoms with E-state index in [0.717, 1.165) is 103 Å². The first-order chi connectivity index (χ1) is 17.3. The average molecular weight is 576 g/mol. The fourth-order valence-electron chi connectivity index (χ4n) is 3.60. The molecule has 0 aromatic rings. The molecule has 0 aromatic heterocycles. The topological polar surface area (TPSA) is 74.8 Å². The van der Waals surface area contributed by atoms with Gasteiger partial charge in [0.1, 0.15) is 11.6 Å². The largest absolute Gasteiger partial charge is 2.00 e. The molecule has 0 radical (unpaired) electrons. The molecule has 0 unspecified atom stereocenters. The summed E-state index contributed by atoms with van der Waals surface area (Å²) < 4.78 is 0. The van der Waals surface area contributed by atoms with Crippen LogP contribution in [0.5, 0.6) is 0 Å². The van der Waals surface area contributed by atoms with Gasteiger partial charge in [0.15, 0.2) is 0 Å². The Labute approximate surface area is 241 Å². The van der Waals surface area contributed by atoms with Gasteiger partial charge in [0.05, 0.1) is 12.8 Å². The summed E-state index contributed by atoms with van der Waals surface area (Å²) in [6, 6.07) is 0. The van der Waals surface area contributed by atoms with Crippen LogP contribution in [0, 0.1) is 0 Å². The molecule has 37 heavy (non-hydrogen) atoms. The van der Waals surface area contributed by atoms with E-state index in [2.05, 4.69) is 41.5 Å². The number of rotatable bonds is 22. The molecule has 0 rings (SSSR count). The molecule has 0 aliphatic carbocycles. The van der Waals surface area contributed by atoms with Gasteiger partial charge in [-0.2, -0.15) is 0 Å². The number of Topliss-reactive ketones (excluding diaryl/α,β-unsaturated/α-hetero) is 2. The smallest absolute Gasteiger partial charge is 0.342 e. The standard InChI is InChI=1S/2C15H29NO2.Zn/c2*1-4-7-10-14(17)13-15(18)16(11-8-5-2)12-9-6-3;/h2*4-13H2,1-3H3;/q;;+2. The maximum Gasteiger partial charge on any atom is 2.00 e. The molecule has 7 heteroatoms. The summed E-state index contributed by atoms with van der Waals surface area (Å²) in [5.74, 6) is 0.246. The van der Waals surface area contributed by atoms with Gasteiger partial charge in [-0.15, -0.1) is 0 Å². The third-order valence-electron chi connectivity index (χ3n) is 6.15. The molecule has 0 bridgehead atoms. The molecule has 0 spiro atoms. The first kappa shape index (κ1) is 40.4. The molecule has 2 amide bonds. The van der Waals surface area contributed by atoms with Gasteiger partial charge in [-0.05, 0) is 38.5 Å². The number of amides is 2. The molecule has 212 valence electrons. The van der Waals surface area contributed by atoms with Crippen molar-refractivity contribution >= 4 is 23.4 Å². The molecule has 0 aliphatic rings. The van der Waals surface area contributed by atoms with E-state index in [1.807, 2.05) is 9.80 Å². The SMILES string of the molecule is CCCCC(=O)CC(=O)N(CCCC)CCCC.CCCCC(=O)CC(=O)N(CCCC)CCCC.[Zn+2]. The average Bonchev–Trinajstić information content (AvgIpc) is 2.86. The molecule has 0 saturated carbocycles. The maximum absolute atomic E-state index is 12.0. The number of nitrogens with zero attached hydrogens (tertiary/aromatic N) is 2. The number of carbonyl (C=O) groups is 4. The molecule has 0 aromatic carbocycles. The molecule has 0 N–H and O–H groups in total. The van der Waals surface area contributed by atoms with Gasteiger partial charge in [-0.25, -0.2) is 0 Å². The third kappa shape index (κ3) is 25.0. The van der Waals surface area contributed by atoms with Crippen LogP contribution in [0.1, 0.15) is 144 Å². The van der Waals surface area contributed by atoms with Crippen LogP contribution in [0.25, 0.3) is 0 Å². The number of carbonyl (C=O) groups excluding carboxylic acids is 4. The van der Waals surface area contributed by atoms with Gasteiger partial charge in [0.2, 0.25) is 11.8 Å². The van der Waals surface area contributed by atoms with E-state index in [-0.39, 0.29) is 55.7 Å². The van der Waals surface area contributed by atoms with Crippen LogP contribution in [-0.2, 0) is 38.7 Å². The van der Waals surface area contributed by atoms with Crippen LogP contribution in [0.3, 0.4) is 0 Å². The summed E-state index contributed by atoms with van der Waals surface area (Å²) in [7, 11) is 0. The second-order valence-electron chi connectivity index (χ2n) is 9.81. The monoisotopic (exact) mass is 574 g/mol. The van der Waals surface area contributed by atoms with Crippen LogP contribution < -0.4 is 0 Å². The molecular formula is C30H58N2O4Zn+2. The van der Waals surface area contributed by atoms with Crippen molar-refractivity contribution in [2.75, 3.05) is 26.2 Å². The minimum atomic E-state index is 0. The van der Waals surface area contributed by atoms with Gasteiger partial charge in [0.25, 0.3) is 0 Å². The maximum atomic E-state index is 12.0. The summed E-state index contributed by atoms with van der Waals surface area (Å²) in [5.41, 5.74) is 0. The zero-order valence-electron chi connectivity index (χ0n) is 25.4. The van der Waals surface area contributed by atoms with Crippen LogP contribution >= 0.6 is 0 Å². The van der Waals surface area contributed by atoms with Crippen LogP contribution in [0.15, 0.2) is 0 Å². The summed E-state index contributed by atoms with van der Waals surface area (Å²) in [6.45, 7) is 15.8. The molecule has 0 fully saturated rings. The van der Waals surface area contributed by atoms with E-state index >= 15 is 0 Å². The van der Waals surface area contributed by atoms with Crippen LogP contribution in [-0.4, -0.2) is 59.4 Å². The van der Waals surface area contributed by atoms with Crippen molar-refractivity contribution in [3.05, 3.63) is 0 Å². The molecule has 0 heterocycles. The van der Waals surface area contributed by atoms with Gasteiger partial charge in [0, 0.05) is 39.0 Å². The molecule has 0 saturated heterocycles. The first-order valence-corrected chi connectivity index (χ1v) is 14.9. The van der Waals surface area contributed by atoms with Crippen molar-refractivity contribution < 1.29 is 38.7 Å². The molecular weight excluding hydrogens is 518 g/mol. The van der Waals surface area contributed by atoms with E-state index < -0.39 is 0 Å². The minimum Gasteiger partial charge on any atom is -0.342 e. The van der Waals surface area contributed by atoms with Crippen molar-refractivity contribution in [1.29, 1.82) is 0 Å². The Kier molecular flexibility index (Phi) is 32.2. The summed E-state index contributed by atoms with van der Waals surface area (Å²) in [5, 5.41) is 0. The normalized spacial score (nSPS) is 10.1. The number of ketones is 2. The predicted octanol–water partition coefficient (Wildman–Crippen LogP) is 7.13. The predicted molar refractivity (Wildman–Crippen MR) is 151 cm³/mol. The molecule has 0 aliphatic heterocycles. The molecule has 0 atom stereocenters. The van der Waals surface area contributed by atoms with Crippen molar-refractivity contribution in [2.24, 2.45) is 0 Å². The van der Waals surface area contributed by atoms with Crippen molar-refractivity contribution in [3.8, 4) is 0 Å². The van der Waals surface area contributed by atoms with Gasteiger partial charge in [-0.1, -0.05) is 80.1 Å². The van der Waals surface area contributed by atoms with E-state index in [1.165, 1.54) is 0 Å². The Morgan fingerprint density at radius 2 is 0.676 bits per heavy atom. The van der Waals surface area contributed by atoms with Gasteiger partial charge >= 0.3 is 19.5 Å². The zero-order valence-corrected chi connectivity index (χ0v) is 28.3. The summed E-state index contributed by atoms with van der Waals surface area (Å²) >= 11 is 0. The van der Waals surface area contributed by atoms with Crippen molar-refractivity contribution in [2.45, 2.75) is 144 Å². The minimum absolute atomic E-state index is 0. The summed E-state index contributed by atoms with van der Waals surface area (Å²) in [6.07, 6.45) is 13.6. The fraction of sp³-hybridized carbons (Fsp3) is 0.867. The van der Waals surface area contributed by atoms with Crippen LogP contribution in [0.2, 0.25) is 0 Å². The van der Waals surface area contributed by atoms with E-state index in [9.17, 15) is 19.2 Å². The number of hydrogen-bond acceptors (Lipinski definition) is 4. The van der Waals surface area contributed by atoms with E-state index in [4.69, 9.17) is 0 Å².